The maximum atomic E-state index is 14.5. The van der Waals surface area contributed by atoms with Gasteiger partial charge < -0.3 is 0 Å². The highest BCUT2D eigenvalue weighted by Crippen LogP contribution is 2.52. The van der Waals surface area contributed by atoms with E-state index in [0.717, 1.165) is 24.3 Å². The molecule has 3 rings (SSSR count). The van der Waals surface area contributed by atoms with E-state index in [1.807, 2.05) is 0 Å². The molecule has 0 aromatic heterocycles. The second-order valence-corrected chi connectivity index (χ2v) is 5.89. The Bertz CT molecular complexity index is 969. The Balaban J connectivity index is 2.26. The van der Waals surface area contributed by atoms with E-state index in [4.69, 9.17) is 0 Å². The molecule has 0 saturated heterocycles. The van der Waals surface area contributed by atoms with Gasteiger partial charge >= 0.3 is 11.8 Å². The molecule has 0 aliphatic carbocycles. The molecule has 0 atom stereocenters. The zero-order chi connectivity index (χ0) is 20.7. The SMILES string of the molecule is Fc1c(F)c(C(F)(F)C(F)(F)c2ccccc2)c(F)c(F)c1-c1ccccc1. The van der Waals surface area contributed by atoms with Crippen LogP contribution < -0.4 is 0 Å². The molecule has 0 amide bonds. The third kappa shape index (κ3) is 2.93. The van der Waals surface area contributed by atoms with E-state index in [1.165, 1.54) is 24.3 Å². The van der Waals surface area contributed by atoms with Gasteiger partial charge in [-0.15, -0.1) is 0 Å². The van der Waals surface area contributed by atoms with Crippen LogP contribution in [0.25, 0.3) is 11.1 Å². The van der Waals surface area contributed by atoms with Gasteiger partial charge in [0, 0.05) is 5.56 Å². The Morgan fingerprint density at radius 1 is 0.500 bits per heavy atom. The maximum absolute atomic E-state index is 14.5. The highest BCUT2D eigenvalue weighted by molar-refractivity contribution is 5.66. The third-order valence-electron chi connectivity index (χ3n) is 4.17. The van der Waals surface area contributed by atoms with Crippen molar-refractivity contribution in [2.45, 2.75) is 11.8 Å². The molecule has 0 fully saturated rings. The van der Waals surface area contributed by atoms with Crippen molar-refractivity contribution in [3.8, 4) is 11.1 Å². The van der Waals surface area contributed by atoms with E-state index < -0.39 is 51.8 Å². The third-order valence-corrected chi connectivity index (χ3v) is 4.17. The lowest BCUT2D eigenvalue weighted by Crippen LogP contribution is -2.38. The summed E-state index contributed by atoms with van der Waals surface area (Å²) >= 11 is 0. The van der Waals surface area contributed by atoms with E-state index in [-0.39, 0.29) is 5.56 Å². The summed E-state index contributed by atoms with van der Waals surface area (Å²) in [4.78, 5) is 0. The lowest BCUT2D eigenvalue weighted by atomic mass is 9.92. The lowest BCUT2D eigenvalue weighted by molar-refractivity contribution is -0.227. The number of hydrogen-bond acceptors (Lipinski definition) is 0. The van der Waals surface area contributed by atoms with Crippen molar-refractivity contribution in [3.05, 3.63) is 95.1 Å². The summed E-state index contributed by atoms with van der Waals surface area (Å²) in [7, 11) is 0. The van der Waals surface area contributed by atoms with E-state index in [0.29, 0.717) is 12.1 Å². The summed E-state index contributed by atoms with van der Waals surface area (Å²) < 4.78 is 115. The zero-order valence-corrected chi connectivity index (χ0v) is 13.8. The van der Waals surface area contributed by atoms with Crippen LogP contribution in [0.1, 0.15) is 11.1 Å². The zero-order valence-electron chi connectivity index (χ0n) is 13.8. The molecular weight excluding hydrogens is 392 g/mol. The Kier molecular flexibility index (Phi) is 4.91. The second kappa shape index (κ2) is 6.92. The van der Waals surface area contributed by atoms with Crippen molar-refractivity contribution < 1.29 is 35.1 Å². The predicted octanol–water partition coefficient (Wildman–Crippen LogP) is 6.79. The molecular formula is C20H10F8. The molecule has 0 bridgehead atoms. The van der Waals surface area contributed by atoms with Crippen molar-refractivity contribution in [2.24, 2.45) is 0 Å². The van der Waals surface area contributed by atoms with Crippen LogP contribution in [-0.2, 0) is 11.8 Å². The van der Waals surface area contributed by atoms with Crippen molar-refractivity contribution in [2.75, 3.05) is 0 Å². The lowest BCUT2D eigenvalue weighted by Gasteiger charge is -2.28. The number of hydrogen-bond donors (Lipinski definition) is 0. The Hall–Kier alpha value is -2.90. The summed E-state index contributed by atoms with van der Waals surface area (Å²) in [6, 6.07) is 10.7. The topological polar surface area (TPSA) is 0 Å². The molecule has 0 radical (unpaired) electrons. The fourth-order valence-corrected chi connectivity index (χ4v) is 2.75. The molecule has 28 heavy (non-hydrogen) atoms. The minimum absolute atomic E-state index is 0.347. The van der Waals surface area contributed by atoms with Gasteiger partial charge in [-0.3, -0.25) is 0 Å². The average Bonchev–Trinajstić information content (AvgIpc) is 2.68. The smallest absolute Gasteiger partial charge is 0.203 e. The number of halogens is 8. The largest absolute Gasteiger partial charge is 0.345 e. The van der Waals surface area contributed by atoms with Crippen LogP contribution in [0.2, 0.25) is 0 Å². The summed E-state index contributed by atoms with van der Waals surface area (Å²) in [6.45, 7) is 0. The standard InChI is InChI=1S/C20H10F8/c21-15-13(11-7-3-1-4-8-11)16(22)18(24)14(17(15)23)20(27,28)19(25,26)12-9-5-2-6-10-12/h1-10H. The van der Waals surface area contributed by atoms with Crippen molar-refractivity contribution in [1.29, 1.82) is 0 Å². The van der Waals surface area contributed by atoms with Crippen LogP contribution in [-0.4, -0.2) is 0 Å². The van der Waals surface area contributed by atoms with Crippen LogP contribution in [0.3, 0.4) is 0 Å². The molecule has 0 nitrogen and oxygen atoms in total. The van der Waals surface area contributed by atoms with Gasteiger partial charge in [-0.25, -0.2) is 17.6 Å². The summed E-state index contributed by atoms with van der Waals surface area (Å²) in [5.74, 6) is -20.3. The normalized spacial score (nSPS) is 12.3. The minimum atomic E-state index is -5.57. The van der Waals surface area contributed by atoms with E-state index in [2.05, 4.69) is 0 Å². The van der Waals surface area contributed by atoms with Gasteiger partial charge in [0.05, 0.1) is 5.56 Å². The van der Waals surface area contributed by atoms with Crippen LogP contribution in [0.4, 0.5) is 35.1 Å². The van der Waals surface area contributed by atoms with Gasteiger partial charge in [0.2, 0.25) is 0 Å². The Labute approximate surface area is 154 Å². The van der Waals surface area contributed by atoms with Crippen molar-refractivity contribution >= 4 is 0 Å². The fourth-order valence-electron chi connectivity index (χ4n) is 2.75. The van der Waals surface area contributed by atoms with Gasteiger partial charge in [-0.1, -0.05) is 60.7 Å². The van der Waals surface area contributed by atoms with Crippen LogP contribution >= 0.6 is 0 Å². The minimum Gasteiger partial charge on any atom is -0.203 e. The molecule has 146 valence electrons. The van der Waals surface area contributed by atoms with E-state index in [1.54, 1.807) is 0 Å². The molecule has 0 aliphatic rings. The highest BCUT2D eigenvalue weighted by Gasteiger charge is 2.61. The maximum Gasteiger partial charge on any atom is 0.345 e. The van der Waals surface area contributed by atoms with Gasteiger partial charge in [0.25, 0.3) is 0 Å². The van der Waals surface area contributed by atoms with Crippen LogP contribution in [0, 0.1) is 23.3 Å². The first-order valence-electron chi connectivity index (χ1n) is 7.83. The molecule has 0 heterocycles. The van der Waals surface area contributed by atoms with Crippen LogP contribution in [0.15, 0.2) is 60.7 Å². The monoisotopic (exact) mass is 402 g/mol. The number of alkyl halides is 4. The van der Waals surface area contributed by atoms with E-state index in [9.17, 15) is 35.1 Å². The fraction of sp³-hybridized carbons (Fsp3) is 0.100. The molecule has 0 unspecified atom stereocenters. The molecule has 0 aliphatic heterocycles. The molecule has 0 saturated carbocycles. The molecule has 0 N–H and O–H groups in total. The average molecular weight is 402 g/mol. The van der Waals surface area contributed by atoms with Gasteiger partial charge in [-0.05, 0) is 5.56 Å². The quantitative estimate of drug-likeness (QED) is 0.333. The number of benzene rings is 3. The van der Waals surface area contributed by atoms with Crippen LogP contribution in [0.5, 0.6) is 0 Å². The van der Waals surface area contributed by atoms with Crippen molar-refractivity contribution in [3.63, 3.8) is 0 Å². The predicted molar refractivity (Wildman–Crippen MR) is 85.9 cm³/mol. The molecule has 0 spiro atoms. The van der Waals surface area contributed by atoms with E-state index >= 15 is 0 Å². The Morgan fingerprint density at radius 2 is 0.929 bits per heavy atom. The van der Waals surface area contributed by atoms with Crippen molar-refractivity contribution in [1.82, 2.24) is 0 Å². The van der Waals surface area contributed by atoms with Gasteiger partial charge in [0.1, 0.15) is 5.56 Å². The summed E-state index contributed by atoms with van der Waals surface area (Å²) in [5, 5.41) is 0. The summed E-state index contributed by atoms with van der Waals surface area (Å²) in [5.41, 5.74) is -5.55. The molecule has 3 aromatic rings. The van der Waals surface area contributed by atoms with Gasteiger partial charge in [-0.2, -0.15) is 17.6 Å². The second-order valence-electron chi connectivity index (χ2n) is 5.89. The van der Waals surface area contributed by atoms with Gasteiger partial charge in [0.15, 0.2) is 23.3 Å². The number of rotatable bonds is 4. The summed E-state index contributed by atoms with van der Waals surface area (Å²) in [6.07, 6.45) is 0. The molecule has 8 heteroatoms. The first kappa shape index (κ1) is 19.9. The highest BCUT2D eigenvalue weighted by atomic mass is 19.3. The molecule has 3 aromatic carbocycles. The Morgan fingerprint density at radius 3 is 1.39 bits per heavy atom. The first-order valence-corrected chi connectivity index (χ1v) is 7.83. The first-order chi connectivity index (χ1) is 13.1.